The summed E-state index contributed by atoms with van der Waals surface area (Å²) in [5, 5.41) is 4.13. The highest BCUT2D eigenvalue weighted by Gasteiger charge is 2.24. The zero-order chi connectivity index (χ0) is 17.5. The van der Waals surface area contributed by atoms with Crippen LogP contribution in [0.3, 0.4) is 0 Å². The summed E-state index contributed by atoms with van der Waals surface area (Å²) in [6.07, 6.45) is 0. The van der Waals surface area contributed by atoms with Gasteiger partial charge in [0.2, 0.25) is 10.0 Å². The molecule has 0 saturated carbocycles. The number of sulfonamides is 1. The van der Waals surface area contributed by atoms with Gasteiger partial charge in [-0.05, 0) is 26.0 Å². The average Bonchev–Trinajstić information content (AvgIpc) is 2.89. The van der Waals surface area contributed by atoms with Gasteiger partial charge in [-0.15, -0.1) is 0 Å². The van der Waals surface area contributed by atoms with E-state index >= 15 is 0 Å². The van der Waals surface area contributed by atoms with E-state index in [1.165, 1.54) is 11.5 Å². The number of para-hydroxylation sites is 1. The largest absolute Gasteiger partial charge is 0.360 e. The van der Waals surface area contributed by atoms with Crippen molar-refractivity contribution < 1.29 is 12.9 Å². The Morgan fingerprint density at radius 1 is 1.25 bits per heavy atom. The van der Waals surface area contributed by atoms with Crippen molar-refractivity contribution in [2.75, 3.05) is 0 Å². The molecule has 0 unspecified atom stereocenters. The maximum Gasteiger partial charge on any atom is 0.261 e. The van der Waals surface area contributed by atoms with Crippen LogP contribution in [0.4, 0.5) is 0 Å². The fraction of sp³-hybridized carbons (Fsp3) is 0.267. The molecule has 3 aromatic rings. The molecule has 1 N–H and O–H groups in total. The lowest BCUT2D eigenvalue weighted by Gasteiger charge is -2.10. The maximum absolute atomic E-state index is 12.4. The van der Waals surface area contributed by atoms with Crippen molar-refractivity contribution in [3.63, 3.8) is 0 Å². The normalized spacial score (nSPS) is 12.0. The quantitative estimate of drug-likeness (QED) is 0.754. The van der Waals surface area contributed by atoms with Gasteiger partial charge in [0.15, 0.2) is 5.76 Å². The number of hydrogen-bond donors (Lipinski definition) is 1. The van der Waals surface area contributed by atoms with Crippen LogP contribution in [0.5, 0.6) is 0 Å². The fourth-order valence-electron chi connectivity index (χ4n) is 2.51. The predicted molar refractivity (Wildman–Crippen MR) is 87.0 cm³/mol. The third kappa shape index (κ3) is 2.72. The summed E-state index contributed by atoms with van der Waals surface area (Å²) in [5.41, 5.74) is 0.569. The first kappa shape index (κ1) is 16.3. The lowest BCUT2D eigenvalue weighted by molar-refractivity contribution is 0.390. The van der Waals surface area contributed by atoms with E-state index in [9.17, 15) is 13.2 Å². The Bertz CT molecular complexity index is 1060. The van der Waals surface area contributed by atoms with E-state index in [2.05, 4.69) is 14.9 Å². The summed E-state index contributed by atoms with van der Waals surface area (Å²) in [6, 6.07) is 6.92. The Kier molecular flexibility index (Phi) is 3.98. The minimum atomic E-state index is -3.82. The topological polar surface area (TPSA) is 107 Å². The highest BCUT2D eigenvalue weighted by atomic mass is 32.2. The third-order valence-electron chi connectivity index (χ3n) is 3.73. The molecule has 0 amide bonds. The molecule has 0 radical (unpaired) electrons. The molecule has 9 heteroatoms. The number of nitrogens with zero attached hydrogens (tertiary/aromatic N) is 3. The molecule has 0 aliphatic carbocycles. The minimum absolute atomic E-state index is 0.00768. The summed E-state index contributed by atoms with van der Waals surface area (Å²) >= 11 is 0. The molecule has 3 rings (SSSR count). The Balaban J connectivity index is 1.97. The molecule has 0 aliphatic heterocycles. The number of hydrogen-bond acceptors (Lipinski definition) is 6. The van der Waals surface area contributed by atoms with Crippen molar-refractivity contribution in [3.8, 4) is 0 Å². The van der Waals surface area contributed by atoms with Crippen molar-refractivity contribution in [3.05, 3.63) is 51.9 Å². The molecule has 0 saturated heterocycles. The summed E-state index contributed by atoms with van der Waals surface area (Å²) in [5.74, 6) is 0.523. The standard InChI is InChI=1S/C15H16N4O4S/c1-9-14(10(2)23-18-9)24(21,22)16-8-13-17-12-7-5-4-6-11(12)15(20)19(13)3/h4-7,16H,8H2,1-3H3. The lowest BCUT2D eigenvalue weighted by Crippen LogP contribution is -2.30. The molecule has 0 bridgehead atoms. The second-order valence-corrected chi connectivity index (χ2v) is 7.09. The van der Waals surface area contributed by atoms with Gasteiger partial charge in [-0.1, -0.05) is 17.3 Å². The van der Waals surface area contributed by atoms with Crippen LogP contribution in [-0.4, -0.2) is 23.1 Å². The monoisotopic (exact) mass is 348 g/mol. The first-order valence-corrected chi connectivity index (χ1v) is 8.67. The number of fused-ring (bicyclic) bond motifs is 1. The van der Waals surface area contributed by atoms with E-state index in [0.717, 1.165) is 0 Å². The van der Waals surface area contributed by atoms with E-state index < -0.39 is 10.0 Å². The number of nitrogens with one attached hydrogen (secondary N) is 1. The van der Waals surface area contributed by atoms with Crippen LogP contribution in [0.15, 0.2) is 38.5 Å². The SMILES string of the molecule is Cc1noc(C)c1S(=O)(=O)NCc1nc2ccccc2c(=O)n1C. The zero-order valence-corrected chi connectivity index (χ0v) is 14.2. The third-order valence-corrected chi connectivity index (χ3v) is 5.38. The van der Waals surface area contributed by atoms with Gasteiger partial charge in [0.1, 0.15) is 16.4 Å². The van der Waals surface area contributed by atoms with Crippen LogP contribution >= 0.6 is 0 Å². The first-order valence-electron chi connectivity index (χ1n) is 7.18. The van der Waals surface area contributed by atoms with Gasteiger partial charge in [-0.3, -0.25) is 9.36 Å². The number of benzene rings is 1. The summed E-state index contributed by atoms with van der Waals surface area (Å²) in [6.45, 7) is 2.96. The smallest absolute Gasteiger partial charge is 0.261 e. The molecule has 8 nitrogen and oxygen atoms in total. The van der Waals surface area contributed by atoms with Crippen molar-refractivity contribution in [1.82, 2.24) is 19.4 Å². The number of aromatic nitrogens is 3. The molecule has 2 heterocycles. The van der Waals surface area contributed by atoms with Crippen LogP contribution in [0.25, 0.3) is 10.9 Å². The second-order valence-electron chi connectivity index (χ2n) is 5.39. The minimum Gasteiger partial charge on any atom is -0.360 e. The molecule has 2 aromatic heterocycles. The van der Waals surface area contributed by atoms with Crippen molar-refractivity contribution in [2.45, 2.75) is 25.3 Å². The molecule has 0 fully saturated rings. The van der Waals surface area contributed by atoms with E-state index in [4.69, 9.17) is 4.52 Å². The van der Waals surface area contributed by atoms with E-state index in [0.29, 0.717) is 16.7 Å². The molecule has 0 atom stereocenters. The van der Waals surface area contributed by atoms with E-state index in [1.54, 1.807) is 38.2 Å². The van der Waals surface area contributed by atoms with Crippen molar-refractivity contribution in [1.29, 1.82) is 0 Å². The van der Waals surface area contributed by atoms with E-state index in [1.807, 2.05) is 0 Å². The van der Waals surface area contributed by atoms with Crippen molar-refractivity contribution in [2.24, 2.45) is 7.05 Å². The van der Waals surface area contributed by atoms with Gasteiger partial charge in [0.05, 0.1) is 17.4 Å². The van der Waals surface area contributed by atoms with Crippen LogP contribution in [0, 0.1) is 13.8 Å². The van der Waals surface area contributed by atoms with Crippen molar-refractivity contribution >= 4 is 20.9 Å². The first-order chi connectivity index (χ1) is 11.3. The molecule has 0 aliphatic rings. The molecular weight excluding hydrogens is 332 g/mol. The Morgan fingerprint density at radius 2 is 1.96 bits per heavy atom. The van der Waals surface area contributed by atoms with Gasteiger partial charge in [-0.25, -0.2) is 18.1 Å². The van der Waals surface area contributed by atoms with E-state index in [-0.39, 0.29) is 28.5 Å². The Morgan fingerprint density at radius 3 is 2.62 bits per heavy atom. The van der Waals surface area contributed by atoms with Crippen LogP contribution in [0.1, 0.15) is 17.3 Å². The van der Waals surface area contributed by atoms with Gasteiger partial charge in [0.25, 0.3) is 5.56 Å². The summed E-state index contributed by atoms with van der Waals surface area (Å²) in [4.78, 5) is 16.7. The molecule has 24 heavy (non-hydrogen) atoms. The highest BCUT2D eigenvalue weighted by molar-refractivity contribution is 7.89. The lowest BCUT2D eigenvalue weighted by atomic mass is 10.2. The second kappa shape index (κ2) is 5.84. The number of rotatable bonds is 4. The maximum atomic E-state index is 12.4. The zero-order valence-electron chi connectivity index (χ0n) is 13.4. The Labute approximate surface area is 138 Å². The summed E-state index contributed by atoms with van der Waals surface area (Å²) in [7, 11) is -2.26. The predicted octanol–water partition coefficient (Wildman–Crippen LogP) is 1.02. The van der Waals surface area contributed by atoms with Gasteiger partial charge in [0, 0.05) is 7.05 Å². The molecule has 0 spiro atoms. The van der Waals surface area contributed by atoms with Gasteiger partial charge < -0.3 is 4.52 Å². The number of aryl methyl sites for hydroxylation is 2. The van der Waals surface area contributed by atoms with Crippen LogP contribution < -0.4 is 10.3 Å². The van der Waals surface area contributed by atoms with Crippen LogP contribution in [0.2, 0.25) is 0 Å². The summed E-state index contributed by atoms with van der Waals surface area (Å²) < 4.78 is 33.6. The fourth-order valence-corrected chi connectivity index (χ4v) is 3.82. The van der Waals surface area contributed by atoms with Gasteiger partial charge >= 0.3 is 0 Å². The van der Waals surface area contributed by atoms with Gasteiger partial charge in [-0.2, -0.15) is 0 Å². The molecular formula is C15H16N4O4S. The average molecular weight is 348 g/mol. The Hall–Kier alpha value is -2.52. The molecule has 1 aromatic carbocycles. The molecule has 126 valence electrons. The van der Waals surface area contributed by atoms with Crippen LogP contribution in [-0.2, 0) is 23.6 Å². The highest BCUT2D eigenvalue weighted by Crippen LogP contribution is 2.18.